The molecule has 3 aliphatic rings. The lowest BCUT2D eigenvalue weighted by Gasteiger charge is -2.50. The molecule has 0 radical (unpaired) electrons. The van der Waals surface area contributed by atoms with Gasteiger partial charge in [0.25, 0.3) is 11.8 Å². The number of benzene rings is 1. The molecule has 1 saturated carbocycles. The van der Waals surface area contributed by atoms with Crippen LogP contribution in [0.5, 0.6) is 0 Å². The van der Waals surface area contributed by atoms with Gasteiger partial charge in [-0.05, 0) is 44.2 Å². The van der Waals surface area contributed by atoms with Crippen molar-refractivity contribution in [3.63, 3.8) is 0 Å². The Morgan fingerprint density at radius 2 is 1.81 bits per heavy atom. The van der Waals surface area contributed by atoms with Gasteiger partial charge < -0.3 is 14.3 Å². The minimum Gasteiger partial charge on any atom is -0.341 e. The Hall–Kier alpha value is -4.28. The van der Waals surface area contributed by atoms with E-state index < -0.39 is 0 Å². The van der Waals surface area contributed by atoms with Crippen molar-refractivity contribution >= 4 is 11.8 Å². The summed E-state index contributed by atoms with van der Waals surface area (Å²) in [6.45, 7) is 13.0. The van der Waals surface area contributed by atoms with Crippen molar-refractivity contribution in [2.24, 2.45) is 16.7 Å². The first-order chi connectivity index (χ1) is 20.5. The molecule has 5 heterocycles. The monoisotopic (exact) mass is 582 g/mol. The molecule has 1 aliphatic carbocycles. The summed E-state index contributed by atoms with van der Waals surface area (Å²) in [6, 6.07) is 11.8. The summed E-state index contributed by atoms with van der Waals surface area (Å²) in [5.74, 6) is 1.13. The van der Waals surface area contributed by atoms with Crippen molar-refractivity contribution < 1.29 is 14.1 Å². The fraction of sp³-hybridized carbons (Fsp3) is 0.500. The van der Waals surface area contributed by atoms with E-state index in [1.54, 1.807) is 10.9 Å². The van der Waals surface area contributed by atoms with Crippen LogP contribution >= 0.6 is 0 Å². The van der Waals surface area contributed by atoms with Crippen LogP contribution in [0.1, 0.15) is 78.2 Å². The van der Waals surface area contributed by atoms with Crippen LogP contribution < -0.4 is 0 Å². The van der Waals surface area contributed by atoms with Gasteiger partial charge in [0.1, 0.15) is 6.04 Å². The maximum absolute atomic E-state index is 13.8. The largest absolute Gasteiger partial charge is 0.341 e. The lowest BCUT2D eigenvalue weighted by Crippen LogP contribution is -2.62. The number of aryl methyl sites for hydroxylation is 2. The van der Waals surface area contributed by atoms with Crippen LogP contribution in [0, 0.1) is 30.6 Å². The molecule has 2 amide bonds. The molecule has 3 fully saturated rings. The molecule has 1 aromatic carbocycles. The highest BCUT2D eigenvalue weighted by Gasteiger charge is 2.61. The molecule has 0 N–H and O–H groups in total. The van der Waals surface area contributed by atoms with Gasteiger partial charge in [0.15, 0.2) is 5.82 Å². The third-order valence-electron chi connectivity index (χ3n) is 9.68. The van der Waals surface area contributed by atoms with Crippen molar-refractivity contribution in [2.45, 2.75) is 59.5 Å². The Balaban J connectivity index is 1.12. The van der Waals surface area contributed by atoms with Crippen molar-refractivity contribution in [3.05, 3.63) is 83.0 Å². The van der Waals surface area contributed by atoms with E-state index in [1.807, 2.05) is 77.8 Å². The molecular formula is C32H38N8O3. The van der Waals surface area contributed by atoms with E-state index in [9.17, 15) is 9.59 Å². The number of carbonyl (C=O) groups is 2. The molecule has 2 unspecified atom stereocenters. The van der Waals surface area contributed by atoms with Crippen molar-refractivity contribution in [1.82, 2.24) is 39.5 Å². The molecular weight excluding hydrogens is 544 g/mol. The summed E-state index contributed by atoms with van der Waals surface area (Å²) in [5.41, 5.74) is 3.35. The van der Waals surface area contributed by atoms with Crippen LogP contribution in [-0.4, -0.2) is 77.5 Å². The molecule has 2 aliphatic heterocycles. The average Bonchev–Trinajstić information content (AvgIpc) is 3.53. The second-order valence-electron chi connectivity index (χ2n) is 13.5. The zero-order valence-electron chi connectivity index (χ0n) is 25.4. The molecule has 3 atom stereocenters. The number of likely N-dealkylation sites (tertiary alicyclic amines) is 2. The number of hydrogen-bond acceptors (Lipinski definition) is 7. The lowest BCUT2D eigenvalue weighted by atomic mass is 9.71. The predicted molar refractivity (Wildman–Crippen MR) is 157 cm³/mol. The van der Waals surface area contributed by atoms with Gasteiger partial charge in [0.2, 0.25) is 5.91 Å². The highest BCUT2D eigenvalue weighted by molar-refractivity contribution is 5.94. The van der Waals surface area contributed by atoms with Crippen molar-refractivity contribution in [2.75, 3.05) is 26.2 Å². The molecule has 224 valence electrons. The zero-order chi connectivity index (χ0) is 30.1. The third kappa shape index (κ3) is 4.84. The normalized spacial score (nSPS) is 22.5. The van der Waals surface area contributed by atoms with Gasteiger partial charge in [-0.1, -0.05) is 49.3 Å². The Morgan fingerprint density at radius 1 is 1.09 bits per heavy atom. The smallest absolute Gasteiger partial charge is 0.257 e. The quantitative estimate of drug-likeness (QED) is 0.325. The van der Waals surface area contributed by atoms with E-state index in [-0.39, 0.29) is 40.5 Å². The van der Waals surface area contributed by atoms with Gasteiger partial charge in [0, 0.05) is 49.4 Å². The molecule has 0 bridgehead atoms. The van der Waals surface area contributed by atoms with Gasteiger partial charge in [-0.25, -0.2) is 0 Å². The fourth-order valence-electron chi connectivity index (χ4n) is 6.99. The van der Waals surface area contributed by atoms with Crippen LogP contribution in [0.25, 0.3) is 0 Å². The highest BCUT2D eigenvalue weighted by Crippen LogP contribution is 2.55. The maximum Gasteiger partial charge on any atom is 0.257 e. The topological polar surface area (TPSA) is 115 Å². The fourth-order valence-corrected chi connectivity index (χ4v) is 6.99. The number of nitrogens with zero attached hydrogens (tertiary/aromatic N) is 8. The first-order valence-electron chi connectivity index (χ1n) is 15.0. The van der Waals surface area contributed by atoms with Crippen LogP contribution in [0.4, 0.5) is 0 Å². The summed E-state index contributed by atoms with van der Waals surface area (Å²) in [7, 11) is 0. The minimum atomic E-state index is -0.326. The van der Waals surface area contributed by atoms with Gasteiger partial charge in [-0.2, -0.15) is 15.2 Å². The molecule has 7 rings (SSSR count). The number of hydrogen-bond donors (Lipinski definition) is 0. The third-order valence-corrected chi connectivity index (χ3v) is 9.68. The Kier molecular flexibility index (Phi) is 6.33. The maximum atomic E-state index is 13.8. The van der Waals surface area contributed by atoms with Crippen molar-refractivity contribution in [3.8, 4) is 0 Å². The van der Waals surface area contributed by atoms with Crippen LogP contribution in [0.15, 0.2) is 53.3 Å². The summed E-state index contributed by atoms with van der Waals surface area (Å²) < 4.78 is 9.47. The van der Waals surface area contributed by atoms with Crippen LogP contribution in [-0.2, 0) is 11.3 Å². The van der Waals surface area contributed by atoms with E-state index >= 15 is 0 Å². The van der Waals surface area contributed by atoms with E-state index in [0.29, 0.717) is 50.0 Å². The molecule has 4 aromatic rings. The molecule has 3 aromatic heterocycles. The second kappa shape index (κ2) is 9.89. The van der Waals surface area contributed by atoms with Crippen LogP contribution in [0.3, 0.4) is 0 Å². The summed E-state index contributed by atoms with van der Waals surface area (Å²) in [4.78, 5) is 35.7. The predicted octanol–water partition coefficient (Wildman–Crippen LogP) is 3.85. The second-order valence-corrected chi connectivity index (χ2v) is 13.5. The van der Waals surface area contributed by atoms with E-state index in [0.717, 1.165) is 23.4 Å². The summed E-state index contributed by atoms with van der Waals surface area (Å²) >= 11 is 0. The van der Waals surface area contributed by atoms with Crippen molar-refractivity contribution in [1.29, 1.82) is 0 Å². The number of rotatable bonds is 7. The van der Waals surface area contributed by atoms with E-state index in [4.69, 9.17) is 9.51 Å². The summed E-state index contributed by atoms with van der Waals surface area (Å²) in [5, 5.41) is 13.5. The SMILES string of the molecule is Cc1cc(C)n(C(C)c2nc(C3CN(C(=O)c4cnn(Cc5ccccc5)c4)CC34CN(C(=O)[C@H]3CC3(C)C)C4)no2)n1. The molecule has 2 saturated heterocycles. The van der Waals surface area contributed by atoms with E-state index in [2.05, 4.69) is 29.2 Å². The van der Waals surface area contributed by atoms with Gasteiger partial charge in [0.05, 0.1) is 29.9 Å². The van der Waals surface area contributed by atoms with Crippen LogP contribution in [0.2, 0.25) is 0 Å². The Morgan fingerprint density at radius 3 is 2.49 bits per heavy atom. The molecule has 11 heteroatoms. The average molecular weight is 583 g/mol. The highest BCUT2D eigenvalue weighted by atomic mass is 16.5. The van der Waals surface area contributed by atoms with E-state index in [1.165, 1.54) is 0 Å². The number of amides is 2. The lowest BCUT2D eigenvalue weighted by molar-refractivity contribution is -0.145. The Labute approximate surface area is 250 Å². The summed E-state index contributed by atoms with van der Waals surface area (Å²) in [6.07, 6.45) is 4.37. The minimum absolute atomic E-state index is 0.0680. The van der Waals surface area contributed by atoms with Gasteiger partial charge in [-0.3, -0.25) is 19.0 Å². The molecule has 43 heavy (non-hydrogen) atoms. The molecule has 11 nitrogen and oxygen atoms in total. The standard InChI is InChI=1S/C32H38N8O3/c1-20-11-21(2)40(35-20)22(3)28-34-27(36-43-28)26-16-37(17-32(26)18-38(19-32)30(42)25-12-31(25,4)5)29(41)24-13-33-39(15-24)14-23-9-7-6-8-10-23/h6-11,13,15,22,25-26H,12,14,16-19H2,1-5H3/t22?,25-,26?/m1/s1. The zero-order valence-corrected chi connectivity index (χ0v) is 25.4. The van der Waals surface area contributed by atoms with Gasteiger partial charge >= 0.3 is 0 Å². The van der Waals surface area contributed by atoms with Gasteiger partial charge in [-0.15, -0.1) is 0 Å². The number of aromatic nitrogens is 6. The molecule has 1 spiro atoms. The Bertz CT molecular complexity index is 1680. The first-order valence-corrected chi connectivity index (χ1v) is 15.0. The number of carbonyl (C=O) groups excluding carboxylic acids is 2. The first kappa shape index (κ1) is 27.5.